The third-order valence-electron chi connectivity index (χ3n) is 3.08. The molecule has 0 heterocycles. The number of methoxy groups -OCH3 is 1. The first-order valence-corrected chi connectivity index (χ1v) is 7.47. The summed E-state index contributed by atoms with van der Waals surface area (Å²) in [5.74, 6) is 1.39. The van der Waals surface area contributed by atoms with Crippen LogP contribution >= 0.6 is 11.6 Å². The minimum atomic E-state index is -0.572. The lowest BCUT2D eigenvalue weighted by atomic mass is 10.2. The molecule has 2 rings (SSSR count). The Morgan fingerprint density at radius 2 is 1.70 bits per heavy atom. The van der Waals surface area contributed by atoms with Crippen LogP contribution in [-0.2, 0) is 0 Å². The number of hydrogen-bond acceptors (Lipinski definition) is 4. The molecule has 0 aromatic heterocycles. The topological polar surface area (TPSA) is 70.8 Å². The number of hydrogen-bond donors (Lipinski definition) is 1. The van der Waals surface area contributed by atoms with E-state index in [0.717, 1.165) is 11.5 Å². The Kier molecular flexibility index (Phi) is 6.11. The van der Waals surface area contributed by atoms with Gasteiger partial charge in [0.1, 0.15) is 17.2 Å². The van der Waals surface area contributed by atoms with Crippen LogP contribution in [0.4, 0.5) is 0 Å². The Hall–Kier alpha value is -2.40. The zero-order valence-corrected chi connectivity index (χ0v) is 13.5. The predicted molar refractivity (Wildman–Crippen MR) is 88.6 cm³/mol. The molecule has 1 amide bonds. The predicted octanol–water partition coefficient (Wildman–Crippen LogP) is 3.30. The normalized spacial score (nSPS) is 10.2. The van der Waals surface area contributed by atoms with Crippen LogP contribution in [-0.4, -0.2) is 26.2 Å². The highest BCUT2D eigenvalue weighted by molar-refractivity contribution is 6.31. The molecule has 0 saturated carbocycles. The highest BCUT2D eigenvalue weighted by Crippen LogP contribution is 2.22. The third kappa shape index (κ3) is 5.07. The van der Waals surface area contributed by atoms with Crippen LogP contribution in [0.5, 0.6) is 17.2 Å². The summed E-state index contributed by atoms with van der Waals surface area (Å²) in [6.45, 7) is 0.893. The molecule has 0 saturated heterocycles. The van der Waals surface area contributed by atoms with E-state index in [1.165, 1.54) is 6.07 Å². The summed E-state index contributed by atoms with van der Waals surface area (Å²) < 4.78 is 16.2. The standard InChI is InChI=1S/C17H18ClNO4/c1-21-13-4-6-14(7-5-13)22-9-2-10-23-16-8-3-12(18)11-15(16)17(19)20/h3-8,11H,2,9-10H2,1H3,(H2,19,20). The van der Waals surface area contributed by atoms with E-state index in [1.807, 2.05) is 24.3 Å². The monoisotopic (exact) mass is 335 g/mol. The van der Waals surface area contributed by atoms with Crippen molar-refractivity contribution in [3.63, 3.8) is 0 Å². The van der Waals surface area contributed by atoms with Gasteiger partial charge in [-0.25, -0.2) is 0 Å². The zero-order chi connectivity index (χ0) is 16.7. The minimum Gasteiger partial charge on any atom is -0.497 e. The Morgan fingerprint density at radius 3 is 2.35 bits per heavy atom. The first-order chi connectivity index (χ1) is 11.1. The maximum Gasteiger partial charge on any atom is 0.252 e. The second-order valence-electron chi connectivity index (χ2n) is 4.73. The summed E-state index contributed by atoms with van der Waals surface area (Å²) >= 11 is 5.84. The largest absolute Gasteiger partial charge is 0.497 e. The van der Waals surface area contributed by atoms with Crippen molar-refractivity contribution >= 4 is 17.5 Å². The number of amides is 1. The van der Waals surface area contributed by atoms with Crippen LogP contribution in [0.15, 0.2) is 42.5 Å². The van der Waals surface area contributed by atoms with Crippen molar-refractivity contribution in [2.24, 2.45) is 5.73 Å². The Morgan fingerprint density at radius 1 is 1.04 bits per heavy atom. The van der Waals surface area contributed by atoms with Crippen molar-refractivity contribution < 1.29 is 19.0 Å². The number of benzene rings is 2. The van der Waals surface area contributed by atoms with Gasteiger partial charge in [0.2, 0.25) is 0 Å². The van der Waals surface area contributed by atoms with Gasteiger partial charge in [0.15, 0.2) is 0 Å². The fourth-order valence-corrected chi connectivity index (χ4v) is 2.10. The molecule has 5 nitrogen and oxygen atoms in total. The average molecular weight is 336 g/mol. The lowest BCUT2D eigenvalue weighted by Gasteiger charge is -2.11. The molecule has 6 heteroatoms. The Bertz CT molecular complexity index is 658. The first kappa shape index (κ1) is 17.0. The molecule has 0 spiro atoms. The molecule has 0 radical (unpaired) electrons. The van der Waals surface area contributed by atoms with Crippen molar-refractivity contribution in [1.29, 1.82) is 0 Å². The minimum absolute atomic E-state index is 0.272. The van der Waals surface area contributed by atoms with Crippen molar-refractivity contribution in [2.75, 3.05) is 20.3 Å². The maximum atomic E-state index is 11.3. The van der Waals surface area contributed by atoms with Crippen LogP contribution < -0.4 is 19.9 Å². The van der Waals surface area contributed by atoms with Gasteiger partial charge >= 0.3 is 0 Å². The van der Waals surface area contributed by atoms with Crippen LogP contribution in [0.1, 0.15) is 16.8 Å². The molecule has 0 aliphatic heterocycles. The summed E-state index contributed by atoms with van der Waals surface area (Å²) in [7, 11) is 1.62. The molecule has 23 heavy (non-hydrogen) atoms. The van der Waals surface area contributed by atoms with E-state index in [9.17, 15) is 4.79 Å². The first-order valence-electron chi connectivity index (χ1n) is 7.09. The van der Waals surface area contributed by atoms with E-state index in [1.54, 1.807) is 19.2 Å². The van der Waals surface area contributed by atoms with E-state index in [2.05, 4.69) is 0 Å². The Balaban J connectivity index is 1.78. The van der Waals surface area contributed by atoms with Crippen LogP contribution in [0.25, 0.3) is 0 Å². The maximum absolute atomic E-state index is 11.3. The molecular formula is C17H18ClNO4. The molecule has 122 valence electrons. The molecule has 2 aromatic carbocycles. The highest BCUT2D eigenvalue weighted by Gasteiger charge is 2.10. The molecular weight excluding hydrogens is 318 g/mol. The van der Waals surface area contributed by atoms with E-state index >= 15 is 0 Å². The summed E-state index contributed by atoms with van der Waals surface area (Å²) in [6.07, 6.45) is 0.660. The molecule has 0 unspecified atom stereocenters. The molecule has 0 fully saturated rings. The number of ether oxygens (including phenoxy) is 3. The summed E-state index contributed by atoms with van der Waals surface area (Å²) in [5, 5.41) is 0.439. The molecule has 2 N–H and O–H groups in total. The second kappa shape index (κ2) is 8.29. The van der Waals surface area contributed by atoms with Gasteiger partial charge in [0.25, 0.3) is 5.91 Å². The lowest BCUT2D eigenvalue weighted by molar-refractivity contribution is 0.0996. The van der Waals surface area contributed by atoms with Gasteiger partial charge in [0, 0.05) is 11.4 Å². The van der Waals surface area contributed by atoms with E-state index < -0.39 is 5.91 Å². The second-order valence-corrected chi connectivity index (χ2v) is 5.17. The summed E-state index contributed by atoms with van der Waals surface area (Å²) in [5.41, 5.74) is 5.57. The molecule has 0 aliphatic carbocycles. The van der Waals surface area contributed by atoms with Crippen LogP contribution in [0.3, 0.4) is 0 Å². The Labute approximate surface area is 139 Å². The van der Waals surface area contributed by atoms with Crippen molar-refractivity contribution in [3.05, 3.63) is 53.1 Å². The van der Waals surface area contributed by atoms with Crippen molar-refractivity contribution in [3.8, 4) is 17.2 Å². The number of rotatable bonds is 8. The number of carbonyl (C=O) groups is 1. The molecule has 0 bridgehead atoms. The van der Waals surface area contributed by atoms with Gasteiger partial charge in [-0.05, 0) is 42.5 Å². The summed E-state index contributed by atoms with van der Waals surface area (Å²) in [4.78, 5) is 11.3. The molecule has 0 atom stereocenters. The van der Waals surface area contributed by atoms with E-state index in [0.29, 0.717) is 30.4 Å². The van der Waals surface area contributed by atoms with Crippen LogP contribution in [0, 0.1) is 0 Å². The number of nitrogens with two attached hydrogens (primary N) is 1. The molecule has 0 aliphatic rings. The average Bonchev–Trinajstić information content (AvgIpc) is 2.56. The van der Waals surface area contributed by atoms with Gasteiger partial charge in [0.05, 0.1) is 25.9 Å². The SMILES string of the molecule is COc1ccc(OCCCOc2ccc(Cl)cc2C(N)=O)cc1. The van der Waals surface area contributed by atoms with Crippen molar-refractivity contribution in [1.82, 2.24) is 0 Å². The van der Waals surface area contributed by atoms with Gasteiger partial charge in [-0.15, -0.1) is 0 Å². The highest BCUT2D eigenvalue weighted by atomic mass is 35.5. The van der Waals surface area contributed by atoms with Gasteiger partial charge in [-0.1, -0.05) is 11.6 Å². The number of halogens is 1. The van der Waals surface area contributed by atoms with Crippen molar-refractivity contribution in [2.45, 2.75) is 6.42 Å². The molecule has 2 aromatic rings. The fourth-order valence-electron chi connectivity index (χ4n) is 1.92. The smallest absolute Gasteiger partial charge is 0.252 e. The van der Waals surface area contributed by atoms with Gasteiger partial charge in [-0.2, -0.15) is 0 Å². The lowest BCUT2D eigenvalue weighted by Crippen LogP contribution is -2.14. The quantitative estimate of drug-likeness (QED) is 0.751. The van der Waals surface area contributed by atoms with Gasteiger partial charge in [-0.3, -0.25) is 4.79 Å². The third-order valence-corrected chi connectivity index (χ3v) is 3.32. The summed E-state index contributed by atoms with van der Waals surface area (Å²) in [6, 6.07) is 12.1. The zero-order valence-electron chi connectivity index (χ0n) is 12.8. The fraction of sp³-hybridized carbons (Fsp3) is 0.235. The number of carbonyl (C=O) groups excluding carboxylic acids is 1. The van der Waals surface area contributed by atoms with Gasteiger partial charge < -0.3 is 19.9 Å². The number of primary amides is 1. The van der Waals surface area contributed by atoms with Crippen LogP contribution in [0.2, 0.25) is 5.02 Å². The van der Waals surface area contributed by atoms with E-state index in [-0.39, 0.29) is 5.56 Å². The van der Waals surface area contributed by atoms with E-state index in [4.69, 9.17) is 31.5 Å².